The van der Waals surface area contributed by atoms with E-state index in [1.54, 1.807) is 0 Å². The van der Waals surface area contributed by atoms with Crippen LogP contribution in [0.5, 0.6) is 0 Å². The van der Waals surface area contributed by atoms with Gasteiger partial charge < -0.3 is 0 Å². The zero-order valence-corrected chi connectivity index (χ0v) is 11.8. The molecule has 0 radical (unpaired) electrons. The first-order chi connectivity index (χ1) is 6.46. The predicted molar refractivity (Wildman–Crippen MR) is 68.7 cm³/mol. The van der Waals surface area contributed by atoms with Crippen LogP contribution in [0.2, 0.25) is 0 Å². The second kappa shape index (κ2) is 8.32. The highest BCUT2D eigenvalue weighted by atomic mass is 14.4. The number of rotatable bonds is 0. The fourth-order valence-electron chi connectivity index (χ4n) is 1.73. The molecule has 1 fully saturated rings. The smallest absolute Gasteiger partial charge is 0.0303 e. The molecule has 0 aromatic rings. The maximum Gasteiger partial charge on any atom is -0.0303 e. The molecule has 0 aromatic heterocycles. The molecule has 0 bridgehead atoms. The van der Waals surface area contributed by atoms with Crippen molar-refractivity contribution in [3.05, 3.63) is 0 Å². The first-order valence-corrected chi connectivity index (χ1v) is 6.46. The summed E-state index contributed by atoms with van der Waals surface area (Å²) in [7, 11) is 0. The van der Waals surface area contributed by atoms with Crippen molar-refractivity contribution in [3.63, 3.8) is 0 Å². The molecule has 0 aliphatic heterocycles. The predicted octanol–water partition coefficient (Wildman–Crippen LogP) is 5.52. The fraction of sp³-hybridized carbons (Fsp3) is 1.00. The van der Waals surface area contributed by atoms with Crippen LogP contribution in [0.15, 0.2) is 0 Å². The van der Waals surface area contributed by atoms with Crippen LogP contribution in [0, 0.1) is 17.3 Å². The molecule has 0 spiro atoms. The van der Waals surface area contributed by atoms with Crippen LogP contribution in [0.4, 0.5) is 0 Å². The minimum absolute atomic E-state index is 0.611. The van der Waals surface area contributed by atoms with Crippen molar-refractivity contribution >= 4 is 0 Å². The lowest BCUT2D eigenvalue weighted by Gasteiger charge is -2.28. The molecule has 0 amide bonds. The molecule has 0 saturated heterocycles. The van der Waals surface area contributed by atoms with Crippen molar-refractivity contribution in [2.75, 3.05) is 0 Å². The summed E-state index contributed by atoms with van der Waals surface area (Å²) in [6.07, 6.45) is 4.13. The first kappa shape index (κ1) is 16.4. The molecule has 0 N–H and O–H groups in total. The molecule has 2 atom stereocenters. The van der Waals surface area contributed by atoms with E-state index in [2.05, 4.69) is 41.5 Å². The van der Waals surface area contributed by atoms with Crippen LogP contribution < -0.4 is 0 Å². The SMILES string of the molecule is CC.CC1CCC(C)C1(C)C.CCC. The van der Waals surface area contributed by atoms with Gasteiger partial charge in [0.1, 0.15) is 0 Å². The summed E-state index contributed by atoms with van der Waals surface area (Å²) in [5, 5.41) is 0. The second-order valence-electron chi connectivity index (χ2n) is 4.91. The molecule has 14 heavy (non-hydrogen) atoms. The Morgan fingerprint density at radius 2 is 1.14 bits per heavy atom. The van der Waals surface area contributed by atoms with Gasteiger partial charge in [-0.25, -0.2) is 0 Å². The van der Waals surface area contributed by atoms with E-state index in [1.807, 2.05) is 13.8 Å². The molecule has 0 heteroatoms. The Labute approximate surface area is 92.5 Å². The molecule has 1 aliphatic rings. The Bertz CT molecular complexity index is 101. The van der Waals surface area contributed by atoms with E-state index in [0.717, 1.165) is 11.8 Å². The molecule has 88 valence electrons. The molecule has 1 rings (SSSR count). The zero-order chi connectivity index (χ0) is 11.8. The summed E-state index contributed by atoms with van der Waals surface area (Å²) in [5.74, 6) is 1.87. The summed E-state index contributed by atoms with van der Waals surface area (Å²) in [5.41, 5.74) is 0.611. The fourth-order valence-corrected chi connectivity index (χ4v) is 1.73. The van der Waals surface area contributed by atoms with Gasteiger partial charge in [0.05, 0.1) is 0 Å². The topological polar surface area (TPSA) is 0 Å². The first-order valence-electron chi connectivity index (χ1n) is 6.46. The lowest BCUT2D eigenvalue weighted by atomic mass is 9.77. The van der Waals surface area contributed by atoms with Crippen LogP contribution in [-0.4, -0.2) is 0 Å². The van der Waals surface area contributed by atoms with Gasteiger partial charge in [-0.2, -0.15) is 0 Å². The quantitative estimate of drug-likeness (QED) is 0.483. The zero-order valence-electron chi connectivity index (χ0n) is 11.8. The highest BCUT2D eigenvalue weighted by Crippen LogP contribution is 2.46. The summed E-state index contributed by atoms with van der Waals surface area (Å²) in [6, 6.07) is 0. The van der Waals surface area contributed by atoms with Crippen LogP contribution >= 0.6 is 0 Å². The monoisotopic (exact) mass is 200 g/mol. The van der Waals surface area contributed by atoms with E-state index in [9.17, 15) is 0 Å². The molecule has 0 aromatic carbocycles. The molecule has 0 heterocycles. The standard InChI is InChI=1S/C9H18.C3H8.C2H6/c1-7-5-6-8(2)9(7,3)4;1-3-2;1-2/h7-8H,5-6H2,1-4H3;3H2,1-2H3;1-2H3. The molecular formula is C14H32. The average Bonchev–Trinajstić information content (AvgIpc) is 2.37. The Hall–Kier alpha value is 0. The molecule has 0 nitrogen and oxygen atoms in total. The van der Waals surface area contributed by atoms with E-state index >= 15 is 0 Å². The lowest BCUT2D eigenvalue weighted by Crippen LogP contribution is -2.20. The van der Waals surface area contributed by atoms with Crippen LogP contribution in [-0.2, 0) is 0 Å². The van der Waals surface area contributed by atoms with Gasteiger partial charge in [0.25, 0.3) is 0 Å². The van der Waals surface area contributed by atoms with Gasteiger partial charge in [-0.05, 0) is 30.1 Å². The van der Waals surface area contributed by atoms with Crippen LogP contribution in [0.1, 0.15) is 74.7 Å². The van der Waals surface area contributed by atoms with Gasteiger partial charge in [0.2, 0.25) is 0 Å². The van der Waals surface area contributed by atoms with Crippen molar-refractivity contribution in [1.82, 2.24) is 0 Å². The van der Waals surface area contributed by atoms with Crippen molar-refractivity contribution in [2.45, 2.75) is 74.7 Å². The van der Waals surface area contributed by atoms with E-state index in [4.69, 9.17) is 0 Å². The Kier molecular flexibility index (Phi) is 9.76. The van der Waals surface area contributed by atoms with Gasteiger partial charge in [-0.15, -0.1) is 0 Å². The number of hydrogen-bond acceptors (Lipinski definition) is 0. The molecule has 1 aliphatic carbocycles. The minimum atomic E-state index is 0.611. The van der Waals surface area contributed by atoms with E-state index in [1.165, 1.54) is 19.3 Å². The largest absolute Gasteiger partial charge is 0.0683 e. The van der Waals surface area contributed by atoms with Gasteiger partial charge >= 0.3 is 0 Å². The Morgan fingerprint density at radius 3 is 1.21 bits per heavy atom. The second-order valence-corrected chi connectivity index (χ2v) is 4.91. The van der Waals surface area contributed by atoms with Gasteiger partial charge in [-0.3, -0.25) is 0 Å². The van der Waals surface area contributed by atoms with Gasteiger partial charge in [-0.1, -0.05) is 61.8 Å². The van der Waals surface area contributed by atoms with Crippen LogP contribution in [0.25, 0.3) is 0 Å². The van der Waals surface area contributed by atoms with Gasteiger partial charge in [0, 0.05) is 0 Å². The molecule has 1 saturated carbocycles. The van der Waals surface area contributed by atoms with Crippen molar-refractivity contribution in [3.8, 4) is 0 Å². The highest BCUT2D eigenvalue weighted by molar-refractivity contribution is 4.86. The van der Waals surface area contributed by atoms with Crippen molar-refractivity contribution in [1.29, 1.82) is 0 Å². The minimum Gasteiger partial charge on any atom is -0.0683 e. The maximum absolute atomic E-state index is 2.40. The third-order valence-electron chi connectivity index (χ3n) is 3.57. The lowest BCUT2D eigenvalue weighted by molar-refractivity contribution is 0.212. The third-order valence-corrected chi connectivity index (χ3v) is 3.57. The number of hydrogen-bond donors (Lipinski definition) is 0. The van der Waals surface area contributed by atoms with Crippen molar-refractivity contribution < 1.29 is 0 Å². The highest BCUT2D eigenvalue weighted by Gasteiger charge is 2.37. The average molecular weight is 200 g/mol. The van der Waals surface area contributed by atoms with Gasteiger partial charge in [0.15, 0.2) is 0 Å². The normalized spacial score (nSPS) is 28.3. The van der Waals surface area contributed by atoms with E-state index in [-0.39, 0.29) is 0 Å². The third kappa shape index (κ3) is 5.02. The summed E-state index contributed by atoms with van der Waals surface area (Å²) >= 11 is 0. The Balaban J connectivity index is 0. The van der Waals surface area contributed by atoms with Crippen molar-refractivity contribution in [2.24, 2.45) is 17.3 Å². The summed E-state index contributed by atoms with van der Waals surface area (Å²) < 4.78 is 0. The summed E-state index contributed by atoms with van der Waals surface area (Å²) in [4.78, 5) is 0. The molecular weight excluding hydrogens is 168 g/mol. The maximum atomic E-state index is 2.40. The summed E-state index contributed by atoms with van der Waals surface area (Å²) in [6.45, 7) is 17.8. The van der Waals surface area contributed by atoms with E-state index < -0.39 is 0 Å². The van der Waals surface area contributed by atoms with E-state index in [0.29, 0.717) is 5.41 Å². The molecule has 2 unspecified atom stereocenters. The van der Waals surface area contributed by atoms with Crippen LogP contribution in [0.3, 0.4) is 0 Å². The Morgan fingerprint density at radius 1 is 0.929 bits per heavy atom.